The van der Waals surface area contributed by atoms with E-state index in [4.69, 9.17) is 9.47 Å². The zero-order chi connectivity index (χ0) is 17.1. The van der Waals surface area contributed by atoms with Crippen LogP contribution < -0.4 is 9.47 Å². The minimum Gasteiger partial charge on any atom is -0.497 e. The molecule has 0 bridgehead atoms. The number of carbonyl (C=O) groups excluding carboxylic acids is 1. The number of nitrogens with zero attached hydrogens (tertiary/aromatic N) is 1. The predicted molar refractivity (Wildman–Crippen MR) is 95.8 cm³/mol. The van der Waals surface area contributed by atoms with Gasteiger partial charge in [-0.1, -0.05) is 18.2 Å². The van der Waals surface area contributed by atoms with Crippen molar-refractivity contribution in [2.45, 2.75) is 0 Å². The Balaban J connectivity index is 1.93. The molecular weight excluding hydrogens is 302 g/mol. The third-order valence-electron chi connectivity index (χ3n) is 4.02. The number of methoxy groups -OCH3 is 2. The Hall–Kier alpha value is -3.01. The lowest BCUT2D eigenvalue weighted by Gasteiger charge is -2.07. The fraction of sp³-hybridized carbons (Fsp3) is 0.150. The minimum absolute atomic E-state index is 0.109. The fourth-order valence-corrected chi connectivity index (χ4v) is 2.76. The highest BCUT2D eigenvalue weighted by atomic mass is 16.5. The van der Waals surface area contributed by atoms with E-state index < -0.39 is 0 Å². The third-order valence-corrected chi connectivity index (χ3v) is 4.02. The van der Waals surface area contributed by atoms with E-state index in [1.807, 2.05) is 42.1 Å². The molecule has 24 heavy (non-hydrogen) atoms. The molecule has 0 atom stereocenters. The van der Waals surface area contributed by atoms with Gasteiger partial charge < -0.3 is 14.0 Å². The van der Waals surface area contributed by atoms with Crippen molar-refractivity contribution < 1.29 is 14.3 Å². The number of allylic oxidation sites excluding steroid dienone is 1. The Kier molecular flexibility index (Phi) is 4.38. The maximum absolute atomic E-state index is 12.5. The zero-order valence-corrected chi connectivity index (χ0v) is 13.9. The summed E-state index contributed by atoms with van der Waals surface area (Å²) in [6, 6.07) is 13.3. The van der Waals surface area contributed by atoms with E-state index in [9.17, 15) is 4.79 Å². The predicted octanol–water partition coefficient (Wildman–Crippen LogP) is 4.09. The zero-order valence-electron chi connectivity index (χ0n) is 13.9. The molecule has 0 fully saturated rings. The van der Waals surface area contributed by atoms with Gasteiger partial charge in [-0.25, -0.2) is 0 Å². The molecule has 0 saturated carbocycles. The Bertz CT molecular complexity index is 922. The summed E-state index contributed by atoms with van der Waals surface area (Å²) in [5, 5.41) is 1.12. The molecule has 122 valence electrons. The van der Waals surface area contributed by atoms with E-state index in [1.54, 1.807) is 38.5 Å². The molecule has 0 aliphatic heterocycles. The highest BCUT2D eigenvalue weighted by molar-refractivity contribution is 6.09. The molecule has 3 rings (SSSR count). The summed E-state index contributed by atoms with van der Waals surface area (Å²) in [5.41, 5.74) is 2.65. The van der Waals surface area contributed by atoms with Crippen LogP contribution in [0.5, 0.6) is 11.5 Å². The van der Waals surface area contributed by atoms with Crippen LogP contribution in [0.4, 0.5) is 0 Å². The van der Waals surface area contributed by atoms with Crippen molar-refractivity contribution in [3.05, 3.63) is 65.9 Å². The Morgan fingerprint density at radius 1 is 1.08 bits per heavy atom. The van der Waals surface area contributed by atoms with Crippen LogP contribution in [0.2, 0.25) is 0 Å². The highest BCUT2D eigenvalue weighted by Gasteiger charge is 2.11. The number of fused-ring (bicyclic) bond motifs is 1. The smallest absolute Gasteiger partial charge is 0.189 e. The number of aromatic nitrogens is 1. The highest BCUT2D eigenvalue weighted by Crippen LogP contribution is 2.26. The van der Waals surface area contributed by atoms with Gasteiger partial charge >= 0.3 is 0 Å². The summed E-state index contributed by atoms with van der Waals surface area (Å²) in [7, 11) is 5.12. The van der Waals surface area contributed by atoms with Crippen LogP contribution in [0.15, 0.2) is 54.7 Å². The molecule has 0 spiro atoms. The lowest BCUT2D eigenvalue weighted by Crippen LogP contribution is -1.99. The molecule has 0 amide bonds. The lowest BCUT2D eigenvalue weighted by molar-refractivity contribution is 0.104. The number of hydrogen-bond acceptors (Lipinski definition) is 3. The van der Waals surface area contributed by atoms with Crippen molar-refractivity contribution in [1.29, 1.82) is 0 Å². The molecule has 2 aromatic carbocycles. The van der Waals surface area contributed by atoms with Gasteiger partial charge in [0.2, 0.25) is 0 Å². The summed E-state index contributed by atoms with van der Waals surface area (Å²) in [6.07, 6.45) is 5.43. The van der Waals surface area contributed by atoms with Gasteiger partial charge in [0.15, 0.2) is 5.78 Å². The molecule has 0 aliphatic carbocycles. The second-order valence-electron chi connectivity index (χ2n) is 5.48. The average Bonchev–Trinajstić information content (AvgIpc) is 2.95. The Morgan fingerprint density at radius 2 is 1.88 bits per heavy atom. The van der Waals surface area contributed by atoms with Gasteiger partial charge in [-0.2, -0.15) is 0 Å². The SMILES string of the molecule is COc1ccc(C(=O)/C=C/c2cn(C)c3ccccc23)c(OC)c1. The van der Waals surface area contributed by atoms with Crippen LogP contribution in [0.3, 0.4) is 0 Å². The van der Waals surface area contributed by atoms with E-state index in [0.29, 0.717) is 17.1 Å². The number of carbonyl (C=O) groups is 1. The molecule has 1 aromatic heterocycles. The molecule has 4 nitrogen and oxygen atoms in total. The van der Waals surface area contributed by atoms with Gasteiger partial charge in [-0.15, -0.1) is 0 Å². The normalized spacial score (nSPS) is 11.1. The van der Waals surface area contributed by atoms with Gasteiger partial charge in [0.05, 0.1) is 19.8 Å². The van der Waals surface area contributed by atoms with Gasteiger partial charge in [-0.3, -0.25) is 4.79 Å². The standard InChI is InChI=1S/C20H19NO3/c1-21-13-14(16-6-4-5-7-18(16)21)8-11-19(22)17-10-9-15(23-2)12-20(17)24-3/h4-13H,1-3H3/b11-8+. The first-order chi connectivity index (χ1) is 11.6. The van der Waals surface area contributed by atoms with Crippen LogP contribution in [0.25, 0.3) is 17.0 Å². The molecule has 0 N–H and O–H groups in total. The number of ketones is 1. The number of aryl methyl sites for hydroxylation is 1. The van der Waals surface area contributed by atoms with E-state index in [1.165, 1.54) is 0 Å². The van der Waals surface area contributed by atoms with Crippen molar-refractivity contribution >= 4 is 22.8 Å². The molecule has 4 heteroatoms. The number of rotatable bonds is 5. The summed E-state index contributed by atoms with van der Waals surface area (Å²) < 4.78 is 12.5. The summed E-state index contributed by atoms with van der Waals surface area (Å²) in [4.78, 5) is 12.5. The summed E-state index contributed by atoms with van der Waals surface area (Å²) in [6.45, 7) is 0. The maximum Gasteiger partial charge on any atom is 0.189 e. The van der Waals surface area contributed by atoms with Crippen LogP contribution in [-0.4, -0.2) is 24.6 Å². The minimum atomic E-state index is -0.109. The number of benzene rings is 2. The first-order valence-electron chi connectivity index (χ1n) is 7.62. The molecule has 0 aliphatic rings. The van der Waals surface area contributed by atoms with E-state index in [0.717, 1.165) is 16.5 Å². The lowest BCUT2D eigenvalue weighted by atomic mass is 10.1. The van der Waals surface area contributed by atoms with Crippen LogP contribution in [0, 0.1) is 0 Å². The summed E-state index contributed by atoms with van der Waals surface area (Å²) >= 11 is 0. The average molecular weight is 321 g/mol. The molecule has 0 unspecified atom stereocenters. The van der Waals surface area contributed by atoms with Gasteiger partial charge in [0.1, 0.15) is 11.5 Å². The first kappa shape index (κ1) is 15.9. The summed E-state index contributed by atoms with van der Waals surface area (Å²) in [5.74, 6) is 1.05. The topological polar surface area (TPSA) is 40.5 Å². The van der Waals surface area contributed by atoms with Crippen molar-refractivity contribution in [3.8, 4) is 11.5 Å². The van der Waals surface area contributed by atoms with Crippen molar-refractivity contribution in [3.63, 3.8) is 0 Å². The number of para-hydroxylation sites is 1. The first-order valence-corrected chi connectivity index (χ1v) is 7.62. The third kappa shape index (κ3) is 2.91. The van der Waals surface area contributed by atoms with Crippen molar-refractivity contribution in [2.24, 2.45) is 7.05 Å². The van der Waals surface area contributed by atoms with Crippen LogP contribution in [-0.2, 0) is 7.05 Å². The largest absolute Gasteiger partial charge is 0.497 e. The van der Waals surface area contributed by atoms with E-state index in [-0.39, 0.29) is 5.78 Å². The van der Waals surface area contributed by atoms with Gasteiger partial charge in [0.25, 0.3) is 0 Å². The molecule has 3 aromatic rings. The van der Waals surface area contributed by atoms with Crippen molar-refractivity contribution in [2.75, 3.05) is 14.2 Å². The van der Waals surface area contributed by atoms with Crippen LogP contribution >= 0.6 is 0 Å². The quantitative estimate of drug-likeness (QED) is 0.525. The molecule has 1 heterocycles. The second kappa shape index (κ2) is 6.62. The molecular formula is C20H19NO3. The Labute approximate surface area is 140 Å². The van der Waals surface area contributed by atoms with E-state index >= 15 is 0 Å². The number of ether oxygens (including phenoxy) is 2. The molecule has 0 saturated heterocycles. The Morgan fingerprint density at radius 3 is 2.62 bits per heavy atom. The van der Waals surface area contributed by atoms with Crippen molar-refractivity contribution in [1.82, 2.24) is 4.57 Å². The monoisotopic (exact) mass is 321 g/mol. The number of hydrogen-bond donors (Lipinski definition) is 0. The maximum atomic E-state index is 12.5. The second-order valence-corrected chi connectivity index (χ2v) is 5.48. The van der Waals surface area contributed by atoms with Gasteiger partial charge in [0, 0.05) is 35.8 Å². The molecule has 0 radical (unpaired) electrons. The van der Waals surface area contributed by atoms with Gasteiger partial charge in [-0.05, 0) is 30.4 Å². The van der Waals surface area contributed by atoms with E-state index in [2.05, 4.69) is 6.07 Å². The van der Waals surface area contributed by atoms with Crippen LogP contribution in [0.1, 0.15) is 15.9 Å². The fourth-order valence-electron chi connectivity index (χ4n) is 2.76.